The maximum absolute atomic E-state index is 10.4. The number of aliphatic carboxylic acids is 1. The van der Waals surface area contributed by atoms with Gasteiger partial charge in [-0.25, -0.2) is 0 Å². The van der Waals surface area contributed by atoms with Crippen LogP contribution in [0.3, 0.4) is 0 Å². The smallest absolute Gasteiger partial charge is 0.323 e. The zero-order valence-corrected chi connectivity index (χ0v) is 7.78. The zero-order chi connectivity index (χ0) is 8.20. The summed E-state index contributed by atoms with van der Waals surface area (Å²) in [6.07, 6.45) is 2.41. The molecule has 0 saturated carbocycles. The fraction of sp³-hybridized carbons (Fsp3) is 0.857. The molecule has 0 aliphatic rings. The second-order valence-electron chi connectivity index (χ2n) is 2.83. The number of unbranched alkanes of at least 4 members (excludes halogenated alkanes) is 1. The Kier molecular flexibility index (Phi) is 6.52. The number of rotatable bonds is 4. The minimum absolute atomic E-state index is 0. The van der Waals surface area contributed by atoms with Gasteiger partial charge in [0.05, 0.1) is 0 Å². The van der Waals surface area contributed by atoms with E-state index in [9.17, 15) is 4.79 Å². The van der Waals surface area contributed by atoms with Crippen molar-refractivity contribution >= 4 is 18.4 Å². The van der Waals surface area contributed by atoms with Crippen LogP contribution in [0.4, 0.5) is 0 Å². The summed E-state index contributed by atoms with van der Waals surface area (Å²) in [7, 11) is 0. The molecular weight excluding hydrogens is 166 g/mol. The zero-order valence-electron chi connectivity index (χ0n) is 6.96. The Morgan fingerprint density at radius 2 is 2.09 bits per heavy atom. The van der Waals surface area contributed by atoms with Gasteiger partial charge in [-0.1, -0.05) is 19.8 Å². The lowest BCUT2D eigenvalue weighted by atomic mass is 9.97. The summed E-state index contributed by atoms with van der Waals surface area (Å²) in [5.41, 5.74) is 4.41. The summed E-state index contributed by atoms with van der Waals surface area (Å²) in [5.74, 6) is -0.916. The molecule has 0 amide bonds. The van der Waals surface area contributed by atoms with Crippen molar-refractivity contribution in [2.75, 3.05) is 0 Å². The number of carboxylic acid groups (broad SMARTS) is 1. The number of hydrogen-bond acceptors (Lipinski definition) is 2. The first-order valence-corrected chi connectivity index (χ1v) is 3.53. The maximum Gasteiger partial charge on any atom is 0.323 e. The van der Waals surface area contributed by atoms with E-state index in [-0.39, 0.29) is 12.4 Å². The third kappa shape index (κ3) is 5.04. The highest BCUT2D eigenvalue weighted by Crippen LogP contribution is 2.09. The molecule has 0 aromatic carbocycles. The van der Waals surface area contributed by atoms with Crippen LogP contribution < -0.4 is 5.73 Å². The molecule has 0 aliphatic heterocycles. The van der Waals surface area contributed by atoms with E-state index in [4.69, 9.17) is 10.8 Å². The van der Waals surface area contributed by atoms with Crippen molar-refractivity contribution in [2.45, 2.75) is 38.6 Å². The summed E-state index contributed by atoms with van der Waals surface area (Å²) in [6, 6.07) is 0. The number of carbonyl (C=O) groups is 1. The van der Waals surface area contributed by atoms with Crippen molar-refractivity contribution < 1.29 is 9.90 Å². The Morgan fingerprint density at radius 1 is 1.64 bits per heavy atom. The molecule has 0 radical (unpaired) electrons. The lowest BCUT2D eigenvalue weighted by Gasteiger charge is -2.17. The van der Waals surface area contributed by atoms with E-state index in [0.29, 0.717) is 6.42 Å². The van der Waals surface area contributed by atoms with Crippen LogP contribution in [-0.2, 0) is 4.79 Å². The molecule has 68 valence electrons. The van der Waals surface area contributed by atoms with E-state index in [2.05, 4.69) is 0 Å². The van der Waals surface area contributed by atoms with E-state index in [1.54, 1.807) is 6.92 Å². The molecule has 0 heterocycles. The predicted molar refractivity (Wildman–Crippen MR) is 47.0 cm³/mol. The van der Waals surface area contributed by atoms with E-state index < -0.39 is 11.5 Å². The first-order valence-electron chi connectivity index (χ1n) is 3.53. The Bertz CT molecular complexity index is 126. The number of carboxylic acids is 1. The molecule has 0 fully saturated rings. The van der Waals surface area contributed by atoms with E-state index in [0.717, 1.165) is 12.8 Å². The number of hydrogen-bond donors (Lipinski definition) is 2. The molecule has 0 aromatic rings. The normalized spacial score (nSPS) is 14.8. The van der Waals surface area contributed by atoms with Crippen LogP contribution in [0.5, 0.6) is 0 Å². The summed E-state index contributed by atoms with van der Waals surface area (Å²) >= 11 is 0. The third-order valence-corrected chi connectivity index (χ3v) is 1.54. The van der Waals surface area contributed by atoms with Gasteiger partial charge in [0.2, 0.25) is 0 Å². The Labute approximate surface area is 73.4 Å². The topological polar surface area (TPSA) is 63.3 Å². The van der Waals surface area contributed by atoms with Crippen molar-refractivity contribution in [3.8, 4) is 0 Å². The third-order valence-electron chi connectivity index (χ3n) is 1.54. The van der Waals surface area contributed by atoms with Crippen LogP contribution in [0.2, 0.25) is 0 Å². The monoisotopic (exact) mass is 181 g/mol. The Hall–Kier alpha value is -0.280. The predicted octanol–water partition coefficient (Wildman–Crippen LogP) is 1.40. The summed E-state index contributed by atoms with van der Waals surface area (Å²) < 4.78 is 0. The Morgan fingerprint density at radius 3 is 2.36 bits per heavy atom. The van der Waals surface area contributed by atoms with Crippen LogP contribution in [0, 0.1) is 0 Å². The quantitative estimate of drug-likeness (QED) is 0.689. The second-order valence-corrected chi connectivity index (χ2v) is 2.83. The standard InChI is InChI=1S/C7H15NO2.ClH/c1-3-4-5-7(2,8)6(9)10;/h3-5,8H2,1-2H3,(H,9,10);1H/t7-;/m0./s1. The van der Waals surface area contributed by atoms with Gasteiger partial charge in [0, 0.05) is 0 Å². The van der Waals surface area contributed by atoms with Gasteiger partial charge >= 0.3 is 5.97 Å². The van der Waals surface area contributed by atoms with Gasteiger partial charge in [-0.05, 0) is 13.3 Å². The van der Waals surface area contributed by atoms with E-state index >= 15 is 0 Å². The second kappa shape index (κ2) is 5.38. The largest absolute Gasteiger partial charge is 0.480 e. The molecule has 0 aliphatic carbocycles. The molecule has 0 aromatic heterocycles. The number of halogens is 1. The Balaban J connectivity index is 0. The van der Waals surface area contributed by atoms with Crippen LogP contribution in [0.25, 0.3) is 0 Å². The fourth-order valence-electron chi connectivity index (χ4n) is 0.651. The molecule has 0 bridgehead atoms. The lowest BCUT2D eigenvalue weighted by Crippen LogP contribution is -2.44. The molecule has 11 heavy (non-hydrogen) atoms. The SMILES string of the molecule is CCCC[C@](C)(N)C(=O)O.Cl. The minimum Gasteiger partial charge on any atom is -0.480 e. The highest BCUT2D eigenvalue weighted by molar-refractivity contribution is 5.85. The van der Waals surface area contributed by atoms with Gasteiger partial charge in [-0.3, -0.25) is 4.79 Å². The van der Waals surface area contributed by atoms with Crippen LogP contribution >= 0.6 is 12.4 Å². The fourth-order valence-corrected chi connectivity index (χ4v) is 0.651. The van der Waals surface area contributed by atoms with Crippen LogP contribution in [0.1, 0.15) is 33.1 Å². The molecule has 3 N–H and O–H groups in total. The van der Waals surface area contributed by atoms with Gasteiger partial charge in [0.15, 0.2) is 0 Å². The molecule has 0 unspecified atom stereocenters. The first-order chi connectivity index (χ1) is 4.50. The van der Waals surface area contributed by atoms with E-state index in [1.165, 1.54) is 0 Å². The lowest BCUT2D eigenvalue weighted by molar-refractivity contribution is -0.142. The summed E-state index contributed by atoms with van der Waals surface area (Å²) in [5, 5.41) is 8.54. The van der Waals surface area contributed by atoms with Crippen LogP contribution in [0.15, 0.2) is 0 Å². The van der Waals surface area contributed by atoms with Crippen LogP contribution in [-0.4, -0.2) is 16.6 Å². The molecule has 3 nitrogen and oxygen atoms in total. The highest BCUT2D eigenvalue weighted by Gasteiger charge is 2.26. The van der Waals surface area contributed by atoms with Gasteiger partial charge in [0.25, 0.3) is 0 Å². The molecular formula is C7H16ClNO2. The molecule has 0 saturated heterocycles. The molecule has 4 heteroatoms. The first kappa shape index (κ1) is 13.3. The molecule has 0 spiro atoms. The van der Waals surface area contributed by atoms with Crippen molar-refractivity contribution in [1.82, 2.24) is 0 Å². The minimum atomic E-state index is -1.03. The van der Waals surface area contributed by atoms with Crippen molar-refractivity contribution in [1.29, 1.82) is 0 Å². The van der Waals surface area contributed by atoms with Gasteiger partial charge in [0.1, 0.15) is 5.54 Å². The van der Waals surface area contributed by atoms with Gasteiger partial charge < -0.3 is 10.8 Å². The molecule has 0 rings (SSSR count). The van der Waals surface area contributed by atoms with Gasteiger partial charge in [-0.15, -0.1) is 12.4 Å². The van der Waals surface area contributed by atoms with Crippen molar-refractivity contribution in [3.63, 3.8) is 0 Å². The van der Waals surface area contributed by atoms with Gasteiger partial charge in [-0.2, -0.15) is 0 Å². The van der Waals surface area contributed by atoms with E-state index in [1.807, 2.05) is 6.92 Å². The van der Waals surface area contributed by atoms with Crippen molar-refractivity contribution in [2.24, 2.45) is 5.73 Å². The average Bonchev–Trinajstić information content (AvgIpc) is 1.84. The summed E-state index contributed by atoms with van der Waals surface area (Å²) in [6.45, 7) is 3.56. The maximum atomic E-state index is 10.4. The summed E-state index contributed by atoms with van der Waals surface area (Å²) in [4.78, 5) is 10.4. The van der Waals surface area contributed by atoms with Crippen molar-refractivity contribution in [3.05, 3.63) is 0 Å². The highest BCUT2D eigenvalue weighted by atomic mass is 35.5. The molecule has 1 atom stereocenters. The number of nitrogens with two attached hydrogens (primary N) is 1. The average molecular weight is 182 g/mol.